The molecule has 6 nitrogen and oxygen atoms in total. The Morgan fingerprint density at radius 1 is 1.40 bits per heavy atom. The van der Waals surface area contributed by atoms with Crippen LogP contribution in [0.5, 0.6) is 0 Å². The van der Waals surface area contributed by atoms with Crippen molar-refractivity contribution in [2.45, 2.75) is 32.2 Å². The molecular formula is C18H19N5OS. The van der Waals surface area contributed by atoms with Gasteiger partial charge in [-0.1, -0.05) is 0 Å². The highest BCUT2D eigenvalue weighted by Crippen LogP contribution is 2.40. The van der Waals surface area contributed by atoms with Crippen LogP contribution in [-0.2, 0) is 11.2 Å². The normalized spacial score (nSPS) is 15.1. The number of nitrogens with zero attached hydrogens (tertiary/aromatic N) is 4. The van der Waals surface area contributed by atoms with Gasteiger partial charge in [0.2, 0.25) is 5.91 Å². The molecular weight excluding hydrogens is 334 g/mol. The van der Waals surface area contributed by atoms with E-state index in [1.165, 1.54) is 24.2 Å². The van der Waals surface area contributed by atoms with Crippen LogP contribution in [0.1, 0.15) is 31.5 Å². The fraction of sp³-hybridized carbons (Fsp3) is 0.333. The topological polar surface area (TPSA) is 72.7 Å². The fourth-order valence-electron chi connectivity index (χ4n) is 2.88. The highest BCUT2D eigenvalue weighted by atomic mass is 32.1. The first-order valence-corrected chi connectivity index (χ1v) is 9.27. The predicted molar refractivity (Wildman–Crippen MR) is 97.3 cm³/mol. The highest BCUT2D eigenvalue weighted by molar-refractivity contribution is 7.13. The Bertz CT molecular complexity index is 868. The zero-order valence-corrected chi connectivity index (χ0v) is 14.7. The van der Waals surface area contributed by atoms with Gasteiger partial charge in [0.05, 0.1) is 24.4 Å². The van der Waals surface area contributed by atoms with Crippen molar-refractivity contribution in [2.24, 2.45) is 5.92 Å². The number of rotatable bonds is 6. The van der Waals surface area contributed by atoms with Crippen molar-refractivity contribution in [3.63, 3.8) is 0 Å². The Morgan fingerprint density at radius 2 is 2.28 bits per heavy atom. The number of hydrogen-bond donors (Lipinski definition) is 1. The van der Waals surface area contributed by atoms with Crippen molar-refractivity contribution in [3.8, 4) is 10.6 Å². The van der Waals surface area contributed by atoms with Gasteiger partial charge in [0.25, 0.3) is 0 Å². The maximum Gasteiger partial charge on any atom is 0.231 e. The Hall–Kier alpha value is -2.54. The van der Waals surface area contributed by atoms with E-state index in [0.717, 1.165) is 22.1 Å². The average Bonchev–Trinajstić information content (AvgIpc) is 3.21. The number of nitrogens with one attached hydrogen (secondary N) is 1. The summed E-state index contributed by atoms with van der Waals surface area (Å²) in [4.78, 5) is 21.0. The molecule has 0 bridgehead atoms. The molecule has 1 fully saturated rings. The lowest BCUT2D eigenvalue weighted by Gasteiger charge is -2.15. The molecule has 1 saturated carbocycles. The molecule has 1 aliphatic rings. The third-order valence-electron chi connectivity index (χ3n) is 4.43. The van der Waals surface area contributed by atoms with Crippen LogP contribution < -0.4 is 5.32 Å². The zero-order valence-electron chi connectivity index (χ0n) is 13.9. The molecule has 25 heavy (non-hydrogen) atoms. The molecule has 0 radical (unpaired) electrons. The van der Waals surface area contributed by atoms with E-state index in [4.69, 9.17) is 0 Å². The quantitative estimate of drug-likeness (QED) is 0.735. The van der Waals surface area contributed by atoms with Crippen molar-refractivity contribution < 1.29 is 4.79 Å². The van der Waals surface area contributed by atoms with Gasteiger partial charge in [0, 0.05) is 29.4 Å². The van der Waals surface area contributed by atoms with Gasteiger partial charge in [-0.3, -0.25) is 9.78 Å². The Morgan fingerprint density at radius 3 is 3.04 bits per heavy atom. The van der Waals surface area contributed by atoms with Crippen LogP contribution in [-0.4, -0.2) is 25.7 Å². The number of pyridine rings is 1. The van der Waals surface area contributed by atoms with E-state index in [0.29, 0.717) is 12.0 Å². The van der Waals surface area contributed by atoms with E-state index in [9.17, 15) is 4.79 Å². The lowest BCUT2D eigenvalue weighted by Crippen LogP contribution is -2.19. The predicted octanol–water partition coefficient (Wildman–Crippen LogP) is 3.55. The first-order chi connectivity index (χ1) is 12.2. The van der Waals surface area contributed by atoms with Gasteiger partial charge in [0.1, 0.15) is 10.8 Å². The van der Waals surface area contributed by atoms with Gasteiger partial charge >= 0.3 is 0 Å². The van der Waals surface area contributed by atoms with Gasteiger partial charge in [-0.15, -0.1) is 11.3 Å². The maximum atomic E-state index is 12.4. The van der Waals surface area contributed by atoms with Gasteiger partial charge < -0.3 is 5.32 Å². The average molecular weight is 353 g/mol. The van der Waals surface area contributed by atoms with Gasteiger partial charge in [0.15, 0.2) is 0 Å². The zero-order chi connectivity index (χ0) is 17.2. The van der Waals surface area contributed by atoms with Crippen LogP contribution in [0.3, 0.4) is 0 Å². The molecule has 1 N–H and O–H groups in total. The van der Waals surface area contributed by atoms with Crippen molar-refractivity contribution in [2.75, 3.05) is 5.32 Å². The summed E-state index contributed by atoms with van der Waals surface area (Å²) >= 11 is 1.52. The summed E-state index contributed by atoms with van der Waals surface area (Å²) in [5, 5.41) is 10.1. The first kappa shape index (κ1) is 16.0. The monoisotopic (exact) mass is 353 g/mol. The summed E-state index contributed by atoms with van der Waals surface area (Å²) in [7, 11) is 0. The standard InChI is InChI=1S/C18H19N5OS/c1-12(13-4-5-13)23-16(6-8-20-23)22-17(24)9-15-11-25-18(21-15)14-3-2-7-19-10-14/h2-3,6-8,10-13H,4-5,9H2,1H3,(H,22,24). The third kappa shape index (κ3) is 3.61. The Labute approximate surface area is 149 Å². The summed E-state index contributed by atoms with van der Waals surface area (Å²) in [6.45, 7) is 2.15. The van der Waals surface area contributed by atoms with E-state index in [1.54, 1.807) is 18.6 Å². The summed E-state index contributed by atoms with van der Waals surface area (Å²) in [5.41, 5.74) is 1.73. The largest absolute Gasteiger partial charge is 0.311 e. The molecule has 1 aliphatic carbocycles. The number of carbonyl (C=O) groups is 1. The summed E-state index contributed by atoms with van der Waals surface area (Å²) in [5.74, 6) is 1.36. The van der Waals surface area contributed by atoms with Gasteiger partial charge in [-0.25, -0.2) is 9.67 Å². The molecule has 7 heteroatoms. The van der Waals surface area contributed by atoms with Crippen LogP contribution in [0.15, 0.2) is 42.2 Å². The Balaban J connectivity index is 1.41. The second-order valence-corrected chi connectivity index (χ2v) is 7.21. The van der Waals surface area contributed by atoms with Crippen molar-refractivity contribution in [1.82, 2.24) is 19.7 Å². The lowest BCUT2D eigenvalue weighted by atomic mass is 10.2. The van der Waals surface area contributed by atoms with Gasteiger partial charge in [-0.2, -0.15) is 5.10 Å². The first-order valence-electron chi connectivity index (χ1n) is 8.39. The number of anilines is 1. The molecule has 1 amide bonds. The van der Waals surface area contributed by atoms with Crippen LogP contribution in [0, 0.1) is 5.92 Å². The van der Waals surface area contributed by atoms with E-state index in [1.807, 2.05) is 28.3 Å². The minimum atomic E-state index is -0.0761. The van der Waals surface area contributed by atoms with E-state index >= 15 is 0 Å². The number of carbonyl (C=O) groups excluding carboxylic acids is 1. The number of aromatic nitrogens is 4. The van der Waals surface area contributed by atoms with E-state index in [-0.39, 0.29) is 12.3 Å². The second kappa shape index (κ2) is 6.76. The summed E-state index contributed by atoms with van der Waals surface area (Å²) in [6, 6.07) is 6.01. The minimum Gasteiger partial charge on any atom is -0.311 e. The highest BCUT2D eigenvalue weighted by Gasteiger charge is 2.30. The van der Waals surface area contributed by atoms with Crippen LogP contribution >= 0.6 is 11.3 Å². The van der Waals surface area contributed by atoms with Crippen molar-refractivity contribution in [1.29, 1.82) is 0 Å². The van der Waals surface area contributed by atoms with Crippen LogP contribution in [0.4, 0.5) is 5.82 Å². The third-order valence-corrected chi connectivity index (χ3v) is 5.37. The Kier molecular flexibility index (Phi) is 4.31. The summed E-state index contributed by atoms with van der Waals surface area (Å²) in [6.07, 6.45) is 7.98. The van der Waals surface area contributed by atoms with E-state index in [2.05, 4.69) is 27.3 Å². The number of hydrogen-bond acceptors (Lipinski definition) is 5. The van der Waals surface area contributed by atoms with Crippen molar-refractivity contribution in [3.05, 3.63) is 47.9 Å². The van der Waals surface area contributed by atoms with Crippen molar-refractivity contribution >= 4 is 23.1 Å². The summed E-state index contributed by atoms with van der Waals surface area (Å²) < 4.78 is 1.91. The molecule has 3 heterocycles. The molecule has 0 aromatic carbocycles. The molecule has 4 rings (SSSR count). The lowest BCUT2D eigenvalue weighted by molar-refractivity contribution is -0.115. The molecule has 1 unspecified atom stereocenters. The molecule has 3 aromatic rings. The van der Waals surface area contributed by atoms with Crippen LogP contribution in [0.25, 0.3) is 10.6 Å². The molecule has 0 saturated heterocycles. The van der Waals surface area contributed by atoms with Gasteiger partial charge in [-0.05, 0) is 37.8 Å². The molecule has 128 valence electrons. The number of amides is 1. The fourth-order valence-corrected chi connectivity index (χ4v) is 3.69. The molecule has 0 spiro atoms. The molecule has 1 atom stereocenters. The minimum absolute atomic E-state index is 0.0761. The maximum absolute atomic E-state index is 12.4. The second-order valence-electron chi connectivity index (χ2n) is 6.35. The smallest absolute Gasteiger partial charge is 0.231 e. The molecule has 0 aliphatic heterocycles. The van der Waals surface area contributed by atoms with Crippen LogP contribution in [0.2, 0.25) is 0 Å². The molecule has 3 aromatic heterocycles. The SMILES string of the molecule is CC(C1CC1)n1nccc1NC(=O)Cc1csc(-c2cccnc2)n1. The number of thiazole rings is 1. The van der Waals surface area contributed by atoms with E-state index < -0.39 is 0 Å².